The van der Waals surface area contributed by atoms with E-state index in [1.54, 1.807) is 12.1 Å². The molecule has 0 aliphatic heterocycles. The van der Waals surface area contributed by atoms with Gasteiger partial charge in [0.25, 0.3) is 0 Å². The van der Waals surface area contributed by atoms with E-state index in [4.69, 9.17) is 11.6 Å². The van der Waals surface area contributed by atoms with Crippen molar-refractivity contribution in [3.8, 4) is 0 Å². The largest absolute Gasteiger partial charge is 0.325 e. The molecule has 0 aliphatic rings. The van der Waals surface area contributed by atoms with Crippen molar-refractivity contribution < 1.29 is 4.79 Å². The minimum Gasteiger partial charge on any atom is -0.325 e. The number of amides is 1. The van der Waals surface area contributed by atoms with Crippen LogP contribution in [0.3, 0.4) is 0 Å². The fourth-order valence-electron chi connectivity index (χ4n) is 1.83. The standard InChI is InChI=1S/C15H23ClN2O/c1-2-3-4-5-6-10-17-12-15(19)18-14-9-7-8-13(16)11-14/h7-9,11,17H,2-6,10,12H2,1H3,(H,18,19). The Balaban J connectivity index is 2.08. The Kier molecular flexibility index (Phi) is 8.26. The zero-order valence-electron chi connectivity index (χ0n) is 11.5. The van der Waals surface area contributed by atoms with Gasteiger partial charge in [0, 0.05) is 10.7 Å². The number of nitrogens with one attached hydrogen (secondary N) is 2. The van der Waals surface area contributed by atoms with Gasteiger partial charge in [0.1, 0.15) is 0 Å². The lowest BCUT2D eigenvalue weighted by molar-refractivity contribution is -0.115. The summed E-state index contributed by atoms with van der Waals surface area (Å²) < 4.78 is 0. The molecule has 0 unspecified atom stereocenters. The summed E-state index contributed by atoms with van der Waals surface area (Å²) in [6, 6.07) is 7.17. The average Bonchev–Trinajstić information content (AvgIpc) is 2.37. The summed E-state index contributed by atoms with van der Waals surface area (Å²) in [6.45, 7) is 3.45. The summed E-state index contributed by atoms with van der Waals surface area (Å²) in [5.74, 6) is -0.0316. The van der Waals surface area contributed by atoms with Crippen molar-refractivity contribution in [3.63, 3.8) is 0 Å². The third-order valence-corrected chi connectivity index (χ3v) is 3.09. The number of halogens is 1. The fraction of sp³-hybridized carbons (Fsp3) is 0.533. The summed E-state index contributed by atoms with van der Waals surface area (Å²) in [5.41, 5.74) is 0.738. The topological polar surface area (TPSA) is 41.1 Å². The second kappa shape index (κ2) is 9.82. The van der Waals surface area contributed by atoms with Gasteiger partial charge in [-0.25, -0.2) is 0 Å². The van der Waals surface area contributed by atoms with Crippen molar-refractivity contribution in [1.29, 1.82) is 0 Å². The average molecular weight is 283 g/mol. The first-order chi connectivity index (χ1) is 9.22. The number of anilines is 1. The summed E-state index contributed by atoms with van der Waals surface area (Å²) in [5, 5.41) is 6.59. The van der Waals surface area contributed by atoms with Crippen molar-refractivity contribution in [2.75, 3.05) is 18.4 Å². The third-order valence-electron chi connectivity index (χ3n) is 2.85. The maximum atomic E-state index is 11.6. The Morgan fingerprint density at radius 3 is 2.74 bits per heavy atom. The van der Waals surface area contributed by atoms with E-state index < -0.39 is 0 Å². The Bertz CT molecular complexity index is 382. The van der Waals surface area contributed by atoms with Gasteiger partial charge in [0.05, 0.1) is 6.54 Å². The molecule has 19 heavy (non-hydrogen) atoms. The molecular weight excluding hydrogens is 260 g/mol. The van der Waals surface area contributed by atoms with E-state index in [9.17, 15) is 4.79 Å². The maximum Gasteiger partial charge on any atom is 0.238 e. The lowest BCUT2D eigenvalue weighted by Gasteiger charge is -2.07. The van der Waals surface area contributed by atoms with Crippen molar-refractivity contribution in [2.24, 2.45) is 0 Å². The summed E-state index contributed by atoms with van der Waals surface area (Å²) in [4.78, 5) is 11.6. The van der Waals surface area contributed by atoms with Gasteiger partial charge in [-0.1, -0.05) is 50.3 Å². The van der Waals surface area contributed by atoms with Crippen LogP contribution in [0.15, 0.2) is 24.3 Å². The molecule has 3 nitrogen and oxygen atoms in total. The quantitative estimate of drug-likeness (QED) is 0.676. The normalized spacial score (nSPS) is 10.4. The molecule has 0 aromatic heterocycles. The molecule has 1 aromatic rings. The van der Waals surface area contributed by atoms with Crippen LogP contribution >= 0.6 is 11.6 Å². The summed E-state index contributed by atoms with van der Waals surface area (Å²) in [7, 11) is 0. The second-order valence-electron chi connectivity index (χ2n) is 4.65. The molecule has 0 heterocycles. The lowest BCUT2D eigenvalue weighted by Crippen LogP contribution is -2.28. The van der Waals surface area contributed by atoms with E-state index in [-0.39, 0.29) is 5.91 Å². The predicted octanol–water partition coefficient (Wildman–Crippen LogP) is 3.84. The van der Waals surface area contributed by atoms with Crippen LogP contribution in [-0.4, -0.2) is 19.0 Å². The number of carbonyl (C=O) groups excluding carboxylic acids is 1. The SMILES string of the molecule is CCCCCCCNCC(=O)Nc1cccc(Cl)c1. The molecule has 4 heteroatoms. The van der Waals surface area contributed by atoms with Crippen LogP contribution < -0.4 is 10.6 Å². The molecule has 0 aliphatic carbocycles. The summed E-state index contributed by atoms with van der Waals surface area (Å²) >= 11 is 5.85. The first-order valence-corrected chi connectivity index (χ1v) is 7.36. The number of benzene rings is 1. The fourth-order valence-corrected chi connectivity index (χ4v) is 2.02. The monoisotopic (exact) mass is 282 g/mol. The molecule has 0 fully saturated rings. The van der Waals surface area contributed by atoms with Crippen molar-refractivity contribution in [2.45, 2.75) is 39.0 Å². The first kappa shape index (κ1) is 16.0. The van der Waals surface area contributed by atoms with Crippen LogP contribution in [0.5, 0.6) is 0 Å². The zero-order chi connectivity index (χ0) is 13.9. The molecule has 0 bridgehead atoms. The Labute approximate surface area is 120 Å². The molecule has 0 radical (unpaired) electrons. The highest BCUT2D eigenvalue weighted by molar-refractivity contribution is 6.30. The molecule has 0 saturated heterocycles. The highest BCUT2D eigenvalue weighted by Crippen LogP contribution is 2.14. The number of rotatable bonds is 9. The number of carbonyl (C=O) groups is 1. The van der Waals surface area contributed by atoms with Crippen LogP contribution in [0.2, 0.25) is 5.02 Å². The molecule has 1 rings (SSSR count). The van der Waals surface area contributed by atoms with Crippen molar-refractivity contribution in [1.82, 2.24) is 5.32 Å². The number of unbranched alkanes of at least 4 members (excludes halogenated alkanes) is 4. The van der Waals surface area contributed by atoms with E-state index in [1.165, 1.54) is 25.7 Å². The molecule has 106 valence electrons. The lowest BCUT2D eigenvalue weighted by atomic mass is 10.1. The Hall–Kier alpha value is -1.06. The third kappa shape index (κ3) is 7.85. The van der Waals surface area contributed by atoms with E-state index in [1.807, 2.05) is 12.1 Å². The zero-order valence-corrected chi connectivity index (χ0v) is 12.3. The molecule has 0 spiro atoms. The van der Waals surface area contributed by atoms with Gasteiger partial charge >= 0.3 is 0 Å². The van der Waals surface area contributed by atoms with Gasteiger partial charge in [-0.05, 0) is 31.2 Å². The molecule has 1 aromatic carbocycles. The Morgan fingerprint density at radius 2 is 2.00 bits per heavy atom. The molecule has 0 atom stereocenters. The van der Waals surface area contributed by atoms with Gasteiger partial charge < -0.3 is 10.6 Å². The van der Waals surface area contributed by atoms with Gasteiger partial charge in [-0.3, -0.25) is 4.79 Å². The van der Waals surface area contributed by atoms with E-state index >= 15 is 0 Å². The number of hydrogen-bond acceptors (Lipinski definition) is 2. The maximum absolute atomic E-state index is 11.6. The minimum atomic E-state index is -0.0316. The van der Waals surface area contributed by atoms with Crippen LogP contribution in [-0.2, 0) is 4.79 Å². The van der Waals surface area contributed by atoms with Crippen LogP contribution in [0.25, 0.3) is 0 Å². The highest BCUT2D eigenvalue weighted by atomic mass is 35.5. The second-order valence-corrected chi connectivity index (χ2v) is 5.09. The Morgan fingerprint density at radius 1 is 1.21 bits per heavy atom. The first-order valence-electron chi connectivity index (χ1n) is 6.98. The van der Waals surface area contributed by atoms with Crippen molar-refractivity contribution in [3.05, 3.63) is 29.3 Å². The van der Waals surface area contributed by atoms with Gasteiger partial charge in [0.2, 0.25) is 5.91 Å². The van der Waals surface area contributed by atoms with Crippen molar-refractivity contribution >= 4 is 23.2 Å². The van der Waals surface area contributed by atoms with Gasteiger partial charge in [0.15, 0.2) is 0 Å². The molecule has 1 amide bonds. The summed E-state index contributed by atoms with van der Waals surface area (Å²) in [6.07, 6.45) is 6.21. The van der Waals surface area contributed by atoms with Crippen LogP contribution in [0.4, 0.5) is 5.69 Å². The smallest absolute Gasteiger partial charge is 0.238 e. The number of hydrogen-bond donors (Lipinski definition) is 2. The van der Waals surface area contributed by atoms with E-state index in [0.29, 0.717) is 11.6 Å². The predicted molar refractivity (Wildman–Crippen MR) is 81.7 cm³/mol. The molecule has 2 N–H and O–H groups in total. The highest BCUT2D eigenvalue weighted by Gasteiger charge is 2.01. The minimum absolute atomic E-state index is 0.0316. The van der Waals surface area contributed by atoms with Crippen LogP contribution in [0, 0.1) is 0 Å². The molecule has 0 saturated carbocycles. The molecular formula is C15H23ClN2O. The van der Waals surface area contributed by atoms with Crippen LogP contribution in [0.1, 0.15) is 39.0 Å². The van der Waals surface area contributed by atoms with Gasteiger partial charge in [-0.2, -0.15) is 0 Å². The van der Waals surface area contributed by atoms with E-state index in [2.05, 4.69) is 17.6 Å². The van der Waals surface area contributed by atoms with Gasteiger partial charge in [-0.15, -0.1) is 0 Å². The van der Waals surface area contributed by atoms with E-state index in [0.717, 1.165) is 18.7 Å².